The summed E-state index contributed by atoms with van der Waals surface area (Å²) in [5.41, 5.74) is 0.551. The molecule has 6 heteroatoms. The van der Waals surface area contributed by atoms with Gasteiger partial charge >= 0.3 is 5.97 Å². The van der Waals surface area contributed by atoms with E-state index in [2.05, 4.69) is 4.98 Å². The number of hydrogen-bond acceptors (Lipinski definition) is 4. The summed E-state index contributed by atoms with van der Waals surface area (Å²) in [7, 11) is 0. The molecule has 0 unspecified atom stereocenters. The lowest BCUT2D eigenvalue weighted by Crippen LogP contribution is -2.15. The number of halogens is 1. The topological polar surface area (TPSA) is 68.7 Å². The van der Waals surface area contributed by atoms with Crippen molar-refractivity contribution in [3.63, 3.8) is 0 Å². The van der Waals surface area contributed by atoms with Gasteiger partial charge in [0, 0.05) is 11.5 Å². The number of aromatic carboxylic acids is 1. The summed E-state index contributed by atoms with van der Waals surface area (Å²) in [6.45, 7) is 0.963. The van der Waals surface area contributed by atoms with E-state index < -0.39 is 5.97 Å². The molecule has 0 atom stereocenters. The summed E-state index contributed by atoms with van der Waals surface area (Å²) < 4.78 is 10.9. The van der Waals surface area contributed by atoms with Gasteiger partial charge in [-0.05, 0) is 12.1 Å². The highest BCUT2D eigenvalue weighted by atomic mass is 35.5. The third-order valence-corrected chi connectivity index (χ3v) is 2.95. The molecule has 1 aromatic carbocycles. The summed E-state index contributed by atoms with van der Waals surface area (Å²) in [6.07, 6.45) is 0. The third-order valence-electron chi connectivity index (χ3n) is 2.66. The maximum absolute atomic E-state index is 11.0. The van der Waals surface area contributed by atoms with Crippen LogP contribution in [0.15, 0.2) is 18.2 Å². The lowest BCUT2D eigenvalue weighted by molar-refractivity contribution is 0.0697. The van der Waals surface area contributed by atoms with Crippen molar-refractivity contribution in [2.75, 3.05) is 13.2 Å². The zero-order valence-electron chi connectivity index (χ0n) is 9.14. The Kier molecular flexibility index (Phi) is 2.48. The molecule has 1 aromatic heterocycles. The molecule has 5 nitrogen and oxygen atoms in total. The van der Waals surface area contributed by atoms with Crippen molar-refractivity contribution in [3.05, 3.63) is 28.9 Å². The van der Waals surface area contributed by atoms with Gasteiger partial charge < -0.3 is 14.6 Å². The largest absolute Gasteiger partial charge is 0.486 e. The van der Waals surface area contributed by atoms with Crippen LogP contribution in [0.5, 0.6) is 11.5 Å². The molecule has 3 rings (SSSR count). The van der Waals surface area contributed by atoms with Crippen molar-refractivity contribution in [2.24, 2.45) is 0 Å². The predicted molar refractivity (Wildman–Crippen MR) is 64.7 cm³/mol. The molecule has 0 amide bonds. The standard InChI is InChI=1S/C12H8ClNO4/c13-11-7(12(15)16)3-6-4-9-10(5-8(6)14-11)18-2-1-17-9/h3-5H,1-2H2,(H,15,16). The molecule has 1 aliphatic rings. The number of carboxylic acids is 1. The van der Waals surface area contributed by atoms with E-state index in [1.165, 1.54) is 6.07 Å². The average Bonchev–Trinajstić information content (AvgIpc) is 2.35. The summed E-state index contributed by atoms with van der Waals surface area (Å²) in [4.78, 5) is 15.0. The van der Waals surface area contributed by atoms with Crippen molar-refractivity contribution >= 4 is 28.5 Å². The van der Waals surface area contributed by atoms with Crippen molar-refractivity contribution < 1.29 is 19.4 Å². The quantitative estimate of drug-likeness (QED) is 0.802. The van der Waals surface area contributed by atoms with Crippen LogP contribution in [-0.2, 0) is 0 Å². The highest BCUT2D eigenvalue weighted by Gasteiger charge is 2.16. The Morgan fingerprint density at radius 3 is 2.56 bits per heavy atom. The monoisotopic (exact) mass is 265 g/mol. The normalized spacial score (nSPS) is 13.6. The van der Waals surface area contributed by atoms with E-state index in [0.717, 1.165) is 0 Å². The summed E-state index contributed by atoms with van der Waals surface area (Å²) in [5.74, 6) is 0.0823. The first kappa shape index (κ1) is 11.1. The van der Waals surface area contributed by atoms with E-state index in [-0.39, 0.29) is 10.7 Å². The minimum Gasteiger partial charge on any atom is -0.486 e. The molecule has 0 saturated carbocycles. The minimum atomic E-state index is -1.11. The molecular formula is C12H8ClNO4. The third kappa shape index (κ3) is 1.73. The van der Waals surface area contributed by atoms with Crippen LogP contribution >= 0.6 is 11.6 Å². The Morgan fingerprint density at radius 1 is 1.22 bits per heavy atom. The number of rotatable bonds is 1. The van der Waals surface area contributed by atoms with Gasteiger partial charge in [0.15, 0.2) is 11.5 Å². The van der Waals surface area contributed by atoms with E-state index in [4.69, 9.17) is 26.2 Å². The van der Waals surface area contributed by atoms with Crippen LogP contribution in [0.2, 0.25) is 5.15 Å². The Labute approximate surface area is 107 Å². The van der Waals surface area contributed by atoms with Crippen molar-refractivity contribution in [1.29, 1.82) is 0 Å². The SMILES string of the molecule is O=C(O)c1cc2cc3c(cc2nc1Cl)OCCO3. The smallest absolute Gasteiger partial charge is 0.338 e. The van der Waals surface area contributed by atoms with Crippen LogP contribution in [0.3, 0.4) is 0 Å². The first-order valence-corrected chi connectivity index (χ1v) is 5.66. The van der Waals surface area contributed by atoms with Crippen LogP contribution in [0, 0.1) is 0 Å². The molecular weight excluding hydrogens is 258 g/mol. The molecule has 0 fully saturated rings. The average molecular weight is 266 g/mol. The molecule has 0 saturated heterocycles. The van der Waals surface area contributed by atoms with E-state index in [1.807, 2.05) is 0 Å². The fourth-order valence-electron chi connectivity index (χ4n) is 1.84. The summed E-state index contributed by atoms with van der Waals surface area (Å²) in [6, 6.07) is 4.88. The minimum absolute atomic E-state index is 0.0270. The Balaban J connectivity index is 2.25. The number of carbonyl (C=O) groups is 1. The van der Waals surface area contributed by atoms with E-state index in [9.17, 15) is 4.79 Å². The Bertz CT molecular complexity index is 656. The second-order valence-electron chi connectivity index (χ2n) is 3.82. The number of carboxylic acid groups (broad SMARTS) is 1. The molecule has 92 valence electrons. The molecule has 2 heterocycles. The molecule has 1 N–H and O–H groups in total. The van der Waals surface area contributed by atoms with Crippen LogP contribution in [0.1, 0.15) is 10.4 Å². The Hall–Kier alpha value is -2.01. The lowest BCUT2D eigenvalue weighted by atomic mass is 10.1. The highest BCUT2D eigenvalue weighted by Crippen LogP contribution is 2.35. The summed E-state index contributed by atoms with van der Waals surface area (Å²) in [5, 5.41) is 9.60. The van der Waals surface area contributed by atoms with Crippen LogP contribution in [0.4, 0.5) is 0 Å². The second-order valence-corrected chi connectivity index (χ2v) is 4.18. The molecule has 1 aliphatic heterocycles. The maximum Gasteiger partial charge on any atom is 0.338 e. The molecule has 0 bridgehead atoms. The van der Waals surface area contributed by atoms with Gasteiger partial charge in [0.2, 0.25) is 0 Å². The second kappa shape index (κ2) is 4.03. The van der Waals surface area contributed by atoms with Crippen LogP contribution in [-0.4, -0.2) is 29.3 Å². The number of benzene rings is 1. The molecule has 2 aromatic rings. The number of pyridine rings is 1. The van der Waals surface area contributed by atoms with Gasteiger partial charge in [-0.3, -0.25) is 0 Å². The number of fused-ring (bicyclic) bond motifs is 2. The van der Waals surface area contributed by atoms with Crippen molar-refractivity contribution in [2.45, 2.75) is 0 Å². The predicted octanol–water partition coefficient (Wildman–Crippen LogP) is 2.36. The van der Waals surface area contributed by atoms with E-state index >= 15 is 0 Å². The number of nitrogens with zero attached hydrogens (tertiary/aromatic N) is 1. The van der Waals surface area contributed by atoms with E-state index in [0.29, 0.717) is 35.6 Å². The van der Waals surface area contributed by atoms with Gasteiger partial charge in [-0.2, -0.15) is 0 Å². The van der Waals surface area contributed by atoms with Gasteiger partial charge in [0.25, 0.3) is 0 Å². The van der Waals surface area contributed by atoms with Crippen LogP contribution < -0.4 is 9.47 Å². The Morgan fingerprint density at radius 2 is 1.89 bits per heavy atom. The van der Waals surface area contributed by atoms with Crippen molar-refractivity contribution in [3.8, 4) is 11.5 Å². The lowest BCUT2D eigenvalue weighted by Gasteiger charge is -2.18. The van der Waals surface area contributed by atoms with Gasteiger partial charge in [-0.1, -0.05) is 11.6 Å². The molecule has 18 heavy (non-hydrogen) atoms. The summed E-state index contributed by atoms with van der Waals surface area (Å²) >= 11 is 5.82. The fraction of sp³-hybridized carbons (Fsp3) is 0.167. The zero-order chi connectivity index (χ0) is 12.7. The van der Waals surface area contributed by atoms with Gasteiger partial charge in [0.05, 0.1) is 11.1 Å². The highest BCUT2D eigenvalue weighted by molar-refractivity contribution is 6.32. The molecule has 0 spiro atoms. The van der Waals surface area contributed by atoms with Gasteiger partial charge in [0.1, 0.15) is 18.4 Å². The molecule has 0 radical (unpaired) electrons. The number of aromatic nitrogens is 1. The zero-order valence-corrected chi connectivity index (χ0v) is 9.90. The number of hydrogen-bond donors (Lipinski definition) is 1. The fourth-order valence-corrected chi connectivity index (χ4v) is 2.06. The maximum atomic E-state index is 11.0. The molecule has 0 aliphatic carbocycles. The van der Waals surface area contributed by atoms with Crippen LogP contribution in [0.25, 0.3) is 10.9 Å². The number of ether oxygens (including phenoxy) is 2. The van der Waals surface area contributed by atoms with Gasteiger partial charge in [-0.25, -0.2) is 9.78 Å². The van der Waals surface area contributed by atoms with Gasteiger partial charge in [-0.15, -0.1) is 0 Å². The first-order valence-electron chi connectivity index (χ1n) is 5.28. The van der Waals surface area contributed by atoms with Crippen molar-refractivity contribution in [1.82, 2.24) is 4.98 Å². The van der Waals surface area contributed by atoms with E-state index in [1.54, 1.807) is 12.1 Å². The first-order chi connectivity index (χ1) is 8.65.